The van der Waals surface area contributed by atoms with Crippen LogP contribution in [0.4, 0.5) is 5.69 Å². The average Bonchev–Trinajstić information content (AvgIpc) is 2.21. The number of nitrogens with one attached hydrogen (secondary N) is 1. The van der Waals surface area contributed by atoms with Gasteiger partial charge >= 0.3 is 0 Å². The van der Waals surface area contributed by atoms with Crippen LogP contribution in [0.5, 0.6) is 0 Å². The van der Waals surface area contributed by atoms with Crippen LogP contribution in [0, 0.1) is 3.57 Å². The zero-order chi connectivity index (χ0) is 12.5. The highest BCUT2D eigenvalue weighted by Crippen LogP contribution is 2.30. The number of rotatable bonds is 2. The molecule has 94 valence electrons. The Balaban J connectivity index is 2.05. The molecule has 0 amide bonds. The van der Waals surface area contributed by atoms with Crippen molar-refractivity contribution in [1.82, 2.24) is 0 Å². The van der Waals surface area contributed by atoms with Crippen LogP contribution in [0.15, 0.2) is 22.7 Å². The smallest absolute Gasteiger partial charge is 0.0646 e. The second-order valence-corrected chi connectivity index (χ2v) is 7.17. The van der Waals surface area contributed by atoms with Gasteiger partial charge in [0.1, 0.15) is 0 Å². The van der Waals surface area contributed by atoms with Gasteiger partial charge in [0.05, 0.1) is 5.60 Å². The molecule has 0 aliphatic carbocycles. The van der Waals surface area contributed by atoms with Crippen LogP contribution in [-0.2, 0) is 4.74 Å². The maximum absolute atomic E-state index is 5.73. The number of hydrogen-bond acceptors (Lipinski definition) is 2. The van der Waals surface area contributed by atoms with Gasteiger partial charge in [0.15, 0.2) is 0 Å². The first-order valence-corrected chi connectivity index (χ1v) is 7.69. The van der Waals surface area contributed by atoms with E-state index >= 15 is 0 Å². The van der Waals surface area contributed by atoms with E-state index in [0.29, 0.717) is 6.04 Å². The first-order chi connectivity index (χ1) is 7.96. The van der Waals surface area contributed by atoms with Gasteiger partial charge in [-0.1, -0.05) is 0 Å². The van der Waals surface area contributed by atoms with Gasteiger partial charge in [-0.05, 0) is 83.4 Å². The summed E-state index contributed by atoms with van der Waals surface area (Å²) in [5.74, 6) is 0. The molecule has 1 saturated heterocycles. The molecule has 2 nitrogen and oxygen atoms in total. The van der Waals surface area contributed by atoms with E-state index in [-0.39, 0.29) is 5.60 Å². The maximum Gasteiger partial charge on any atom is 0.0646 e. The van der Waals surface area contributed by atoms with Crippen molar-refractivity contribution in [3.05, 3.63) is 26.2 Å². The zero-order valence-corrected chi connectivity index (χ0v) is 13.8. The molecule has 1 aliphatic heterocycles. The lowest BCUT2D eigenvalue weighted by Gasteiger charge is -2.36. The molecule has 0 radical (unpaired) electrons. The molecule has 1 aromatic rings. The second kappa shape index (κ2) is 5.45. The Labute approximate surface area is 125 Å². The van der Waals surface area contributed by atoms with Crippen LogP contribution < -0.4 is 5.32 Å². The summed E-state index contributed by atoms with van der Waals surface area (Å²) in [6.45, 7) is 5.15. The van der Waals surface area contributed by atoms with Crippen molar-refractivity contribution < 1.29 is 4.74 Å². The fourth-order valence-electron chi connectivity index (χ4n) is 2.18. The molecular weight excluding hydrogens is 393 g/mol. The summed E-state index contributed by atoms with van der Waals surface area (Å²) in [5.41, 5.74) is 1.17. The lowest BCUT2D eigenvalue weighted by atomic mass is 9.94. The third kappa shape index (κ3) is 3.83. The molecule has 1 fully saturated rings. The maximum atomic E-state index is 5.73. The summed E-state index contributed by atoms with van der Waals surface area (Å²) in [5, 5.41) is 3.60. The van der Waals surface area contributed by atoms with Crippen LogP contribution in [-0.4, -0.2) is 18.2 Å². The van der Waals surface area contributed by atoms with E-state index in [1.165, 1.54) is 9.26 Å². The Bertz CT molecular complexity index is 408. The molecule has 1 aromatic carbocycles. The summed E-state index contributed by atoms with van der Waals surface area (Å²) < 4.78 is 8.11. The largest absolute Gasteiger partial charge is 0.381 e. The normalized spacial score (nSPS) is 23.4. The molecule has 0 aromatic heterocycles. The fourth-order valence-corrected chi connectivity index (χ4v) is 3.59. The van der Waals surface area contributed by atoms with E-state index in [0.717, 1.165) is 23.9 Å². The van der Waals surface area contributed by atoms with Gasteiger partial charge in [0.25, 0.3) is 0 Å². The van der Waals surface area contributed by atoms with Gasteiger partial charge in [-0.25, -0.2) is 0 Å². The number of hydrogen-bond donors (Lipinski definition) is 1. The molecule has 0 saturated carbocycles. The molecule has 17 heavy (non-hydrogen) atoms. The van der Waals surface area contributed by atoms with E-state index in [1.807, 2.05) is 0 Å². The van der Waals surface area contributed by atoms with Crippen molar-refractivity contribution in [3.8, 4) is 0 Å². The van der Waals surface area contributed by atoms with Crippen LogP contribution >= 0.6 is 38.5 Å². The van der Waals surface area contributed by atoms with Gasteiger partial charge in [0, 0.05) is 26.4 Å². The minimum absolute atomic E-state index is 0.00834. The van der Waals surface area contributed by atoms with Gasteiger partial charge in [-0.15, -0.1) is 0 Å². The summed E-state index contributed by atoms with van der Waals surface area (Å²) in [6.07, 6.45) is 2.12. The Hall–Kier alpha value is 0.190. The number of halogens is 2. The van der Waals surface area contributed by atoms with Crippen LogP contribution in [0.25, 0.3) is 0 Å². The Morgan fingerprint density at radius 1 is 1.47 bits per heavy atom. The molecule has 1 aliphatic rings. The third-order valence-corrected chi connectivity index (χ3v) is 4.31. The number of benzene rings is 1. The third-order valence-electron chi connectivity index (χ3n) is 2.99. The fraction of sp³-hybridized carbons (Fsp3) is 0.538. The Morgan fingerprint density at radius 3 is 2.88 bits per heavy atom. The minimum Gasteiger partial charge on any atom is -0.381 e. The van der Waals surface area contributed by atoms with E-state index in [9.17, 15) is 0 Å². The molecule has 1 heterocycles. The molecule has 0 spiro atoms. The molecule has 4 heteroatoms. The first kappa shape index (κ1) is 13.6. The van der Waals surface area contributed by atoms with E-state index in [1.54, 1.807) is 0 Å². The van der Waals surface area contributed by atoms with Crippen LogP contribution in [0.1, 0.15) is 26.7 Å². The molecule has 2 rings (SSSR count). The summed E-state index contributed by atoms with van der Waals surface area (Å²) in [6, 6.07) is 6.88. The zero-order valence-electron chi connectivity index (χ0n) is 10.1. The van der Waals surface area contributed by atoms with Crippen molar-refractivity contribution in [1.29, 1.82) is 0 Å². The van der Waals surface area contributed by atoms with Crippen molar-refractivity contribution in [2.75, 3.05) is 11.9 Å². The van der Waals surface area contributed by atoms with Crippen molar-refractivity contribution in [2.45, 2.75) is 38.3 Å². The van der Waals surface area contributed by atoms with Crippen molar-refractivity contribution >= 4 is 44.2 Å². The standard InChI is InChI=1S/C13H17BrINO/c1-13(2)8-10(5-6-17-13)16-12-4-3-9(15)7-11(12)14/h3-4,7,10,16H,5-6,8H2,1-2H3. The predicted molar refractivity (Wildman–Crippen MR) is 83.5 cm³/mol. The first-order valence-electron chi connectivity index (χ1n) is 5.82. The lowest BCUT2D eigenvalue weighted by Crippen LogP contribution is -2.40. The SMILES string of the molecule is CC1(C)CC(Nc2ccc(I)cc2Br)CCO1. The topological polar surface area (TPSA) is 21.3 Å². The molecule has 0 bridgehead atoms. The monoisotopic (exact) mass is 409 g/mol. The second-order valence-electron chi connectivity index (χ2n) is 5.07. The van der Waals surface area contributed by atoms with Crippen molar-refractivity contribution in [2.24, 2.45) is 0 Å². The van der Waals surface area contributed by atoms with E-state index in [2.05, 4.69) is 75.9 Å². The van der Waals surface area contributed by atoms with Gasteiger partial charge in [0.2, 0.25) is 0 Å². The van der Waals surface area contributed by atoms with Crippen LogP contribution in [0.2, 0.25) is 0 Å². The molecule has 1 N–H and O–H groups in total. The average molecular weight is 410 g/mol. The predicted octanol–water partition coefficient (Wildman–Crippen LogP) is 4.42. The highest BCUT2D eigenvalue weighted by atomic mass is 127. The van der Waals surface area contributed by atoms with Crippen molar-refractivity contribution in [3.63, 3.8) is 0 Å². The van der Waals surface area contributed by atoms with Gasteiger partial charge in [-0.3, -0.25) is 0 Å². The molecular formula is C13H17BrINO. The van der Waals surface area contributed by atoms with E-state index in [4.69, 9.17) is 4.74 Å². The number of anilines is 1. The molecule has 1 unspecified atom stereocenters. The van der Waals surface area contributed by atoms with Gasteiger partial charge < -0.3 is 10.1 Å². The Kier molecular flexibility index (Phi) is 4.36. The summed E-state index contributed by atoms with van der Waals surface area (Å²) in [4.78, 5) is 0. The minimum atomic E-state index is -0.00834. The quantitative estimate of drug-likeness (QED) is 0.730. The Morgan fingerprint density at radius 2 is 2.24 bits per heavy atom. The summed E-state index contributed by atoms with van der Waals surface area (Å²) >= 11 is 5.92. The van der Waals surface area contributed by atoms with Gasteiger partial charge in [-0.2, -0.15) is 0 Å². The van der Waals surface area contributed by atoms with E-state index < -0.39 is 0 Å². The van der Waals surface area contributed by atoms with Crippen LogP contribution in [0.3, 0.4) is 0 Å². The number of ether oxygens (including phenoxy) is 1. The highest BCUT2D eigenvalue weighted by molar-refractivity contribution is 14.1. The lowest BCUT2D eigenvalue weighted by molar-refractivity contribution is -0.0553. The summed E-state index contributed by atoms with van der Waals surface area (Å²) in [7, 11) is 0. The molecule has 1 atom stereocenters. The highest BCUT2D eigenvalue weighted by Gasteiger charge is 2.28.